The molecular weight excluding hydrogens is 483 g/mol. The van der Waals surface area contributed by atoms with Crippen molar-refractivity contribution in [2.24, 2.45) is 0 Å². The molecule has 10 heteroatoms. The summed E-state index contributed by atoms with van der Waals surface area (Å²) in [4.78, 5) is 1.73. The van der Waals surface area contributed by atoms with Gasteiger partial charge >= 0.3 is 0 Å². The molecule has 0 unspecified atom stereocenters. The smallest absolute Gasteiger partial charge is 0.164 e. The molecule has 34 heavy (non-hydrogen) atoms. The molecule has 170 valence electrons. The zero-order chi connectivity index (χ0) is 23.8. The molecule has 0 aliphatic carbocycles. The van der Waals surface area contributed by atoms with E-state index in [0.717, 1.165) is 0 Å². The minimum absolute atomic E-state index is 0.0376. The van der Waals surface area contributed by atoms with Gasteiger partial charge in [0, 0.05) is 21.8 Å². The minimum Gasteiger partial charge on any atom is -0.497 e. The highest BCUT2D eigenvalue weighted by Gasteiger charge is 2.22. The van der Waals surface area contributed by atoms with Gasteiger partial charge in [-0.3, -0.25) is 0 Å². The highest BCUT2D eigenvalue weighted by atomic mass is 35.5. The standard InChI is InChI=1S/C24H15Cl2F2N5O/c1-34-14-10-8-13(9-11-14)33(24-16-5-3-7-18(28)21(16)23(26)31-32-24)12-19-20-15(22(25)30-29-19)4-2-6-17(20)27/h2-11H,12H2,1H3. The van der Waals surface area contributed by atoms with Gasteiger partial charge in [-0.05, 0) is 36.4 Å². The van der Waals surface area contributed by atoms with Gasteiger partial charge in [-0.15, -0.1) is 15.3 Å². The summed E-state index contributed by atoms with van der Waals surface area (Å²) >= 11 is 12.3. The molecule has 0 spiro atoms. The first-order valence-electron chi connectivity index (χ1n) is 10.1. The van der Waals surface area contributed by atoms with Crippen LogP contribution in [-0.2, 0) is 6.54 Å². The van der Waals surface area contributed by atoms with Crippen LogP contribution in [0.25, 0.3) is 21.5 Å². The highest BCUT2D eigenvalue weighted by molar-refractivity contribution is 6.34. The Morgan fingerprint density at radius 1 is 0.765 bits per heavy atom. The zero-order valence-corrected chi connectivity index (χ0v) is 19.1. The molecule has 0 N–H and O–H groups in total. The van der Waals surface area contributed by atoms with Gasteiger partial charge in [0.15, 0.2) is 16.1 Å². The van der Waals surface area contributed by atoms with Gasteiger partial charge in [0.2, 0.25) is 0 Å². The lowest BCUT2D eigenvalue weighted by Gasteiger charge is -2.25. The lowest BCUT2D eigenvalue weighted by Crippen LogP contribution is -2.20. The van der Waals surface area contributed by atoms with Crippen LogP contribution < -0.4 is 9.64 Å². The third kappa shape index (κ3) is 3.85. The van der Waals surface area contributed by atoms with Crippen molar-refractivity contribution >= 4 is 56.3 Å². The number of ether oxygens (including phenoxy) is 1. The molecule has 0 aliphatic heterocycles. The Balaban J connectivity index is 1.74. The maximum absolute atomic E-state index is 14.9. The topological polar surface area (TPSA) is 64.0 Å². The van der Waals surface area contributed by atoms with E-state index in [-0.39, 0.29) is 27.6 Å². The summed E-state index contributed by atoms with van der Waals surface area (Å²) in [6, 6.07) is 16.2. The number of benzene rings is 3. The van der Waals surface area contributed by atoms with Crippen molar-refractivity contribution in [1.29, 1.82) is 0 Å². The number of hydrogen-bond acceptors (Lipinski definition) is 6. The second-order valence-electron chi connectivity index (χ2n) is 7.36. The van der Waals surface area contributed by atoms with Crippen LogP contribution >= 0.6 is 23.2 Å². The Morgan fingerprint density at radius 3 is 2.12 bits per heavy atom. The first-order valence-corrected chi connectivity index (χ1v) is 10.8. The van der Waals surface area contributed by atoms with Crippen LogP contribution in [0.3, 0.4) is 0 Å². The van der Waals surface area contributed by atoms with Crippen LogP contribution in [-0.4, -0.2) is 27.5 Å². The van der Waals surface area contributed by atoms with E-state index in [4.69, 9.17) is 27.9 Å². The van der Waals surface area contributed by atoms with Crippen molar-refractivity contribution in [3.05, 3.63) is 88.3 Å². The quantitative estimate of drug-likeness (QED) is 0.276. The molecule has 0 radical (unpaired) electrons. The van der Waals surface area contributed by atoms with Gasteiger partial charge < -0.3 is 9.64 Å². The normalized spacial score (nSPS) is 11.2. The Hall–Kier alpha value is -3.62. The van der Waals surface area contributed by atoms with Gasteiger partial charge in [-0.2, -0.15) is 5.10 Å². The first kappa shape index (κ1) is 22.2. The summed E-state index contributed by atoms with van der Waals surface area (Å²) in [5.74, 6) is -0.0666. The number of methoxy groups -OCH3 is 1. The number of halogens is 4. The molecule has 0 saturated heterocycles. The Kier molecular flexibility index (Phi) is 5.85. The van der Waals surface area contributed by atoms with Gasteiger partial charge in [0.25, 0.3) is 0 Å². The predicted molar refractivity (Wildman–Crippen MR) is 128 cm³/mol. The molecule has 2 heterocycles. The summed E-state index contributed by atoms with van der Waals surface area (Å²) in [5.41, 5.74) is 0.971. The molecule has 0 bridgehead atoms. The van der Waals surface area contributed by atoms with Crippen LogP contribution in [0.1, 0.15) is 5.69 Å². The fraction of sp³-hybridized carbons (Fsp3) is 0.0833. The molecule has 5 rings (SSSR count). The molecule has 0 atom stereocenters. The van der Waals surface area contributed by atoms with E-state index < -0.39 is 11.6 Å². The van der Waals surface area contributed by atoms with Crippen molar-refractivity contribution in [3.8, 4) is 5.75 Å². The summed E-state index contributed by atoms with van der Waals surface area (Å²) in [5, 5.41) is 17.6. The summed E-state index contributed by atoms with van der Waals surface area (Å²) in [6.07, 6.45) is 0. The third-order valence-corrected chi connectivity index (χ3v) is 5.97. The van der Waals surface area contributed by atoms with Crippen molar-refractivity contribution < 1.29 is 13.5 Å². The molecule has 0 fully saturated rings. The Morgan fingerprint density at radius 2 is 1.41 bits per heavy atom. The molecule has 0 amide bonds. The van der Waals surface area contributed by atoms with Gasteiger partial charge in [0.1, 0.15) is 17.4 Å². The van der Waals surface area contributed by atoms with Crippen LogP contribution in [0.5, 0.6) is 5.75 Å². The van der Waals surface area contributed by atoms with Crippen molar-refractivity contribution in [3.63, 3.8) is 0 Å². The first-order chi connectivity index (χ1) is 16.5. The number of aromatic nitrogens is 4. The van der Waals surface area contributed by atoms with E-state index >= 15 is 0 Å². The highest BCUT2D eigenvalue weighted by Crippen LogP contribution is 2.36. The van der Waals surface area contributed by atoms with Gasteiger partial charge in [-0.1, -0.05) is 47.5 Å². The molecule has 6 nitrogen and oxygen atoms in total. The van der Waals surface area contributed by atoms with Gasteiger partial charge in [-0.25, -0.2) is 8.78 Å². The fourth-order valence-electron chi connectivity index (χ4n) is 3.82. The predicted octanol–water partition coefficient (Wildman–Crippen LogP) is 6.50. The molecular formula is C24H15Cl2F2N5O. The average molecular weight is 498 g/mol. The van der Waals surface area contributed by atoms with E-state index in [2.05, 4.69) is 20.4 Å². The molecule has 0 aliphatic rings. The lowest BCUT2D eigenvalue weighted by atomic mass is 10.1. The van der Waals surface area contributed by atoms with E-state index in [0.29, 0.717) is 33.7 Å². The van der Waals surface area contributed by atoms with Crippen LogP contribution in [0, 0.1) is 11.6 Å². The maximum atomic E-state index is 14.9. The largest absolute Gasteiger partial charge is 0.497 e. The van der Waals surface area contributed by atoms with Crippen LogP contribution in [0.15, 0.2) is 60.7 Å². The maximum Gasteiger partial charge on any atom is 0.164 e. The molecule has 2 aromatic heterocycles. The summed E-state index contributed by atoms with van der Waals surface area (Å²) < 4.78 is 34.8. The monoisotopic (exact) mass is 497 g/mol. The summed E-state index contributed by atoms with van der Waals surface area (Å²) in [7, 11) is 1.56. The zero-order valence-electron chi connectivity index (χ0n) is 17.6. The number of fused-ring (bicyclic) bond motifs is 2. The molecule has 3 aromatic carbocycles. The Bertz CT molecular complexity index is 1520. The van der Waals surface area contributed by atoms with E-state index in [1.807, 2.05) is 0 Å². The third-order valence-electron chi connectivity index (χ3n) is 5.42. The van der Waals surface area contributed by atoms with Gasteiger partial charge in [0.05, 0.1) is 24.7 Å². The average Bonchev–Trinajstić information content (AvgIpc) is 2.85. The SMILES string of the molecule is COc1ccc(N(Cc2nnc(Cl)c3cccc(F)c23)c2nnc(Cl)c3c(F)cccc23)cc1. The second kappa shape index (κ2) is 8.96. The van der Waals surface area contributed by atoms with E-state index in [1.54, 1.807) is 60.5 Å². The fourth-order valence-corrected chi connectivity index (χ4v) is 4.25. The minimum atomic E-state index is -0.531. The number of rotatable bonds is 5. The van der Waals surface area contributed by atoms with Crippen molar-refractivity contribution in [2.45, 2.75) is 6.54 Å². The van der Waals surface area contributed by atoms with Crippen LogP contribution in [0.2, 0.25) is 10.3 Å². The second-order valence-corrected chi connectivity index (χ2v) is 8.08. The van der Waals surface area contributed by atoms with Crippen LogP contribution in [0.4, 0.5) is 20.3 Å². The van der Waals surface area contributed by atoms with E-state index in [1.165, 1.54) is 12.1 Å². The van der Waals surface area contributed by atoms with E-state index in [9.17, 15) is 8.78 Å². The lowest BCUT2D eigenvalue weighted by molar-refractivity contribution is 0.415. The van der Waals surface area contributed by atoms with Crippen molar-refractivity contribution in [2.75, 3.05) is 12.0 Å². The van der Waals surface area contributed by atoms with Crippen molar-refractivity contribution in [1.82, 2.24) is 20.4 Å². The number of anilines is 2. The summed E-state index contributed by atoms with van der Waals surface area (Å²) in [6.45, 7) is 0.0376. The number of hydrogen-bond donors (Lipinski definition) is 0. The Labute approximate surface area is 202 Å². The molecule has 0 saturated carbocycles. The molecule has 5 aromatic rings. The number of nitrogens with zero attached hydrogens (tertiary/aromatic N) is 5.